The Morgan fingerprint density at radius 3 is 2.86 bits per heavy atom. The second kappa shape index (κ2) is 6.41. The average molecular weight is 295 g/mol. The van der Waals surface area contributed by atoms with Crippen LogP contribution in [0.5, 0.6) is 0 Å². The van der Waals surface area contributed by atoms with Gasteiger partial charge < -0.3 is 4.74 Å². The fourth-order valence-electron chi connectivity index (χ4n) is 2.41. The monoisotopic (exact) mass is 295 g/mol. The number of carbonyl (C=O) groups excluding carboxylic acids is 1. The molecular weight excluding hydrogens is 278 g/mol. The van der Waals surface area contributed by atoms with Gasteiger partial charge in [-0.15, -0.1) is 0 Å². The summed E-state index contributed by atoms with van der Waals surface area (Å²) in [5, 5.41) is 11.3. The quantitative estimate of drug-likeness (QED) is 0.710. The summed E-state index contributed by atoms with van der Waals surface area (Å²) in [6, 6.07) is 15.1. The van der Waals surface area contributed by atoms with E-state index in [0.717, 1.165) is 22.0 Å². The average Bonchev–Trinajstić information content (AvgIpc) is 3.03. The van der Waals surface area contributed by atoms with Crippen LogP contribution in [0.15, 0.2) is 54.7 Å². The smallest absolute Gasteiger partial charge is 0.327 e. The van der Waals surface area contributed by atoms with E-state index in [0.29, 0.717) is 6.54 Å². The Labute approximate surface area is 128 Å². The highest BCUT2D eigenvalue weighted by molar-refractivity contribution is 5.79. The van der Waals surface area contributed by atoms with E-state index in [-0.39, 0.29) is 5.97 Å². The molecule has 0 spiro atoms. The second-order valence-electron chi connectivity index (χ2n) is 5.04. The number of nitrogens with one attached hydrogen (secondary N) is 2. The lowest BCUT2D eigenvalue weighted by atomic mass is 10.1. The molecule has 0 radical (unpaired) electrons. The number of methoxy groups -OCH3 is 1. The molecule has 3 aromatic rings. The number of esters is 1. The fraction of sp³-hybridized carbons (Fsp3) is 0.176. The van der Waals surface area contributed by atoms with Crippen LogP contribution in [-0.2, 0) is 16.1 Å². The van der Waals surface area contributed by atoms with E-state index >= 15 is 0 Å². The SMILES string of the molecule is COC(=O)[C@H](NCc1ccc2cn[nH]c2c1)c1ccccc1. The van der Waals surface area contributed by atoms with Crippen molar-refractivity contribution in [3.05, 3.63) is 65.9 Å². The zero-order valence-electron chi connectivity index (χ0n) is 12.2. The Morgan fingerprint density at radius 2 is 2.09 bits per heavy atom. The van der Waals surface area contributed by atoms with Crippen LogP contribution >= 0.6 is 0 Å². The summed E-state index contributed by atoms with van der Waals surface area (Å²) in [4.78, 5) is 12.0. The van der Waals surface area contributed by atoms with Crippen molar-refractivity contribution >= 4 is 16.9 Å². The number of fused-ring (bicyclic) bond motifs is 1. The van der Waals surface area contributed by atoms with Gasteiger partial charge in [-0.2, -0.15) is 5.10 Å². The number of hydrogen-bond acceptors (Lipinski definition) is 4. The van der Waals surface area contributed by atoms with E-state index in [1.807, 2.05) is 48.5 Å². The van der Waals surface area contributed by atoms with Gasteiger partial charge in [0.05, 0.1) is 18.8 Å². The summed E-state index contributed by atoms with van der Waals surface area (Å²) in [5.74, 6) is -0.297. The van der Waals surface area contributed by atoms with Crippen LogP contribution in [0.4, 0.5) is 0 Å². The molecule has 22 heavy (non-hydrogen) atoms. The summed E-state index contributed by atoms with van der Waals surface area (Å²) in [7, 11) is 1.40. The molecule has 3 rings (SSSR count). The van der Waals surface area contributed by atoms with Crippen molar-refractivity contribution in [3.8, 4) is 0 Å². The number of hydrogen-bond donors (Lipinski definition) is 2. The number of benzene rings is 2. The van der Waals surface area contributed by atoms with Crippen molar-refractivity contribution in [2.75, 3.05) is 7.11 Å². The van der Waals surface area contributed by atoms with E-state index in [2.05, 4.69) is 15.5 Å². The van der Waals surface area contributed by atoms with Crippen LogP contribution in [-0.4, -0.2) is 23.3 Å². The molecule has 0 unspecified atom stereocenters. The standard InChI is InChI=1S/C17H17N3O2/c1-22-17(21)16(13-5-3-2-4-6-13)18-10-12-7-8-14-11-19-20-15(14)9-12/h2-9,11,16,18H,10H2,1H3,(H,19,20)/t16-/m1/s1. The molecule has 5 heteroatoms. The van der Waals surface area contributed by atoms with Gasteiger partial charge in [-0.05, 0) is 17.2 Å². The molecular formula is C17H17N3O2. The number of rotatable bonds is 5. The lowest BCUT2D eigenvalue weighted by molar-refractivity contribution is -0.143. The zero-order chi connectivity index (χ0) is 15.4. The molecule has 0 aliphatic carbocycles. The minimum absolute atomic E-state index is 0.297. The molecule has 2 N–H and O–H groups in total. The summed E-state index contributed by atoms with van der Waals surface area (Å²) >= 11 is 0. The fourth-order valence-corrected chi connectivity index (χ4v) is 2.41. The highest BCUT2D eigenvalue weighted by Crippen LogP contribution is 2.17. The summed E-state index contributed by atoms with van der Waals surface area (Å²) in [5.41, 5.74) is 2.94. The largest absolute Gasteiger partial charge is 0.468 e. The summed E-state index contributed by atoms with van der Waals surface area (Å²) in [6.07, 6.45) is 1.79. The minimum atomic E-state index is -0.483. The first-order valence-corrected chi connectivity index (χ1v) is 7.06. The van der Waals surface area contributed by atoms with Crippen molar-refractivity contribution in [1.82, 2.24) is 15.5 Å². The molecule has 1 atom stereocenters. The van der Waals surface area contributed by atoms with E-state index in [1.54, 1.807) is 6.20 Å². The molecule has 5 nitrogen and oxygen atoms in total. The van der Waals surface area contributed by atoms with Gasteiger partial charge in [-0.1, -0.05) is 42.5 Å². The molecule has 0 fully saturated rings. The third kappa shape index (κ3) is 2.99. The van der Waals surface area contributed by atoms with Gasteiger partial charge in [0.2, 0.25) is 0 Å². The predicted octanol–water partition coefficient (Wildman–Crippen LogP) is 2.57. The number of H-pyrrole nitrogens is 1. The molecule has 2 aromatic carbocycles. The Hall–Kier alpha value is -2.66. The maximum absolute atomic E-state index is 12.0. The van der Waals surface area contributed by atoms with Crippen molar-refractivity contribution in [2.45, 2.75) is 12.6 Å². The Balaban J connectivity index is 1.77. The summed E-state index contributed by atoms with van der Waals surface area (Å²) in [6.45, 7) is 0.559. The van der Waals surface area contributed by atoms with Gasteiger partial charge in [0.25, 0.3) is 0 Å². The first-order valence-electron chi connectivity index (χ1n) is 7.06. The molecule has 0 saturated heterocycles. The van der Waals surface area contributed by atoms with Crippen molar-refractivity contribution < 1.29 is 9.53 Å². The van der Waals surface area contributed by atoms with Crippen LogP contribution in [0.2, 0.25) is 0 Å². The normalized spacial score (nSPS) is 12.2. The number of ether oxygens (including phenoxy) is 1. The van der Waals surface area contributed by atoms with E-state index < -0.39 is 6.04 Å². The van der Waals surface area contributed by atoms with Gasteiger partial charge >= 0.3 is 5.97 Å². The molecule has 0 aliphatic heterocycles. The van der Waals surface area contributed by atoms with Gasteiger partial charge in [-0.3, -0.25) is 10.4 Å². The maximum atomic E-state index is 12.0. The van der Waals surface area contributed by atoms with Crippen molar-refractivity contribution in [2.24, 2.45) is 0 Å². The van der Waals surface area contributed by atoms with E-state index in [1.165, 1.54) is 7.11 Å². The molecule has 0 aliphatic rings. The number of nitrogens with zero attached hydrogens (tertiary/aromatic N) is 1. The summed E-state index contributed by atoms with van der Waals surface area (Å²) < 4.78 is 4.90. The van der Waals surface area contributed by atoms with Gasteiger partial charge in [0.1, 0.15) is 6.04 Å². The van der Waals surface area contributed by atoms with Gasteiger partial charge in [-0.25, -0.2) is 4.79 Å². The Bertz CT molecular complexity index is 768. The Morgan fingerprint density at radius 1 is 1.27 bits per heavy atom. The topological polar surface area (TPSA) is 67.0 Å². The molecule has 112 valence electrons. The number of carbonyl (C=O) groups is 1. The predicted molar refractivity (Wildman–Crippen MR) is 84.1 cm³/mol. The van der Waals surface area contributed by atoms with Crippen molar-refractivity contribution in [3.63, 3.8) is 0 Å². The van der Waals surface area contributed by atoms with Crippen LogP contribution in [0.3, 0.4) is 0 Å². The first-order chi connectivity index (χ1) is 10.8. The minimum Gasteiger partial charge on any atom is -0.468 e. The molecule has 1 aromatic heterocycles. The molecule has 0 saturated carbocycles. The lowest BCUT2D eigenvalue weighted by Crippen LogP contribution is -2.29. The van der Waals surface area contributed by atoms with Crippen LogP contribution < -0.4 is 5.32 Å². The van der Waals surface area contributed by atoms with Gasteiger partial charge in [0, 0.05) is 11.9 Å². The molecule has 0 amide bonds. The third-order valence-corrected chi connectivity index (χ3v) is 3.59. The molecule has 0 bridgehead atoms. The van der Waals surface area contributed by atoms with Crippen LogP contribution in [0, 0.1) is 0 Å². The van der Waals surface area contributed by atoms with Gasteiger partial charge in [0.15, 0.2) is 0 Å². The number of aromatic nitrogens is 2. The second-order valence-corrected chi connectivity index (χ2v) is 5.04. The third-order valence-electron chi connectivity index (χ3n) is 3.59. The highest BCUT2D eigenvalue weighted by Gasteiger charge is 2.20. The first kappa shape index (κ1) is 14.3. The van der Waals surface area contributed by atoms with E-state index in [4.69, 9.17) is 4.74 Å². The highest BCUT2D eigenvalue weighted by atomic mass is 16.5. The molecule has 1 heterocycles. The number of aromatic amines is 1. The zero-order valence-corrected chi connectivity index (χ0v) is 12.2. The van der Waals surface area contributed by atoms with E-state index in [9.17, 15) is 4.79 Å². The van der Waals surface area contributed by atoms with Crippen LogP contribution in [0.1, 0.15) is 17.2 Å². The Kier molecular flexibility index (Phi) is 4.16. The lowest BCUT2D eigenvalue weighted by Gasteiger charge is -2.17. The van der Waals surface area contributed by atoms with Crippen LogP contribution in [0.25, 0.3) is 10.9 Å². The van der Waals surface area contributed by atoms with Crippen molar-refractivity contribution in [1.29, 1.82) is 0 Å². The maximum Gasteiger partial charge on any atom is 0.327 e.